The second kappa shape index (κ2) is 4.48. The Morgan fingerprint density at radius 3 is 2.47 bits per heavy atom. The van der Waals surface area contributed by atoms with Crippen LogP contribution in [0.3, 0.4) is 0 Å². The lowest BCUT2D eigenvalue weighted by molar-refractivity contribution is -0.276. The Hall–Kier alpha value is -1.99. The minimum Gasteiger partial charge on any atom is -0.465 e. The van der Waals surface area contributed by atoms with Crippen LogP contribution in [0.2, 0.25) is 0 Å². The van der Waals surface area contributed by atoms with Gasteiger partial charge >= 0.3 is 12.3 Å². The fraction of sp³-hybridized carbons (Fsp3) is 0.333. The van der Waals surface area contributed by atoms with E-state index in [1.54, 1.807) is 0 Å². The number of alkyl halides is 3. The van der Waals surface area contributed by atoms with Crippen molar-refractivity contribution in [3.05, 3.63) is 27.5 Å². The van der Waals surface area contributed by atoms with Crippen LogP contribution in [0.25, 0.3) is 0 Å². The molecule has 8 heteroatoms. The van der Waals surface area contributed by atoms with Crippen molar-refractivity contribution >= 4 is 5.97 Å². The fourth-order valence-corrected chi connectivity index (χ4v) is 1.15. The number of aromatic amines is 1. The summed E-state index contributed by atoms with van der Waals surface area (Å²) in [4.78, 5) is 24.7. The second-order valence-corrected chi connectivity index (χ2v) is 3.06. The van der Waals surface area contributed by atoms with E-state index in [1.165, 1.54) is 6.92 Å². The minimum absolute atomic E-state index is 0.127. The van der Waals surface area contributed by atoms with E-state index in [1.807, 2.05) is 0 Å². The fourth-order valence-electron chi connectivity index (χ4n) is 1.15. The van der Waals surface area contributed by atoms with Crippen molar-refractivity contribution in [3.63, 3.8) is 0 Å². The van der Waals surface area contributed by atoms with Crippen LogP contribution in [0, 0.1) is 6.92 Å². The van der Waals surface area contributed by atoms with E-state index >= 15 is 0 Å². The van der Waals surface area contributed by atoms with Gasteiger partial charge in [-0.3, -0.25) is 4.79 Å². The van der Waals surface area contributed by atoms with Crippen molar-refractivity contribution in [2.75, 3.05) is 7.11 Å². The summed E-state index contributed by atoms with van der Waals surface area (Å²) < 4.78 is 43.9. The van der Waals surface area contributed by atoms with Gasteiger partial charge in [-0.2, -0.15) is 0 Å². The molecule has 0 unspecified atom stereocenters. The molecule has 0 aliphatic heterocycles. The van der Waals surface area contributed by atoms with E-state index < -0.39 is 29.2 Å². The Bertz CT molecular complexity index is 492. The molecule has 0 aliphatic rings. The first-order valence-corrected chi connectivity index (χ1v) is 4.32. The Morgan fingerprint density at radius 1 is 1.41 bits per heavy atom. The summed E-state index contributed by atoms with van der Waals surface area (Å²) in [7, 11) is 0.943. The highest BCUT2D eigenvalue weighted by Gasteiger charge is 2.34. The number of hydrogen-bond acceptors (Lipinski definition) is 4. The Kier molecular flexibility index (Phi) is 3.45. The van der Waals surface area contributed by atoms with Gasteiger partial charge in [-0.25, -0.2) is 4.79 Å². The number of ether oxygens (including phenoxy) is 2. The summed E-state index contributed by atoms with van der Waals surface area (Å²) in [5.74, 6) is -2.18. The summed E-state index contributed by atoms with van der Waals surface area (Å²) in [5.41, 5.74) is -1.61. The molecule has 17 heavy (non-hydrogen) atoms. The second-order valence-electron chi connectivity index (χ2n) is 3.06. The van der Waals surface area contributed by atoms with Crippen LogP contribution in [0.4, 0.5) is 13.2 Å². The van der Waals surface area contributed by atoms with Gasteiger partial charge in [0.1, 0.15) is 0 Å². The van der Waals surface area contributed by atoms with Crippen LogP contribution in [0.1, 0.15) is 16.1 Å². The standard InChI is InChI=1S/C9H8F3NO4/c1-4-3-5(14)6(8(15)16-2)7(13-4)17-9(10,11)12/h3H,1-2H3,(H,13,14). The van der Waals surface area contributed by atoms with Crippen LogP contribution in [-0.4, -0.2) is 24.4 Å². The molecule has 1 aromatic rings. The summed E-state index contributed by atoms with van der Waals surface area (Å²) in [5, 5.41) is 0. The van der Waals surface area contributed by atoms with Gasteiger partial charge in [0.05, 0.1) is 7.11 Å². The van der Waals surface area contributed by atoms with Crippen molar-refractivity contribution in [2.45, 2.75) is 13.3 Å². The van der Waals surface area contributed by atoms with Gasteiger partial charge in [0, 0.05) is 11.8 Å². The van der Waals surface area contributed by atoms with Crippen molar-refractivity contribution < 1.29 is 27.4 Å². The largest absolute Gasteiger partial charge is 0.574 e. The maximum absolute atomic E-state index is 12.1. The van der Waals surface area contributed by atoms with Crippen LogP contribution >= 0.6 is 0 Å². The number of aryl methyl sites for hydroxylation is 1. The Balaban J connectivity index is 3.36. The van der Waals surface area contributed by atoms with E-state index in [-0.39, 0.29) is 5.69 Å². The number of H-pyrrole nitrogens is 1. The Labute approximate surface area is 93.2 Å². The molecule has 0 radical (unpaired) electrons. The first kappa shape index (κ1) is 13.1. The molecule has 0 saturated heterocycles. The summed E-state index contributed by atoms with van der Waals surface area (Å²) >= 11 is 0. The zero-order chi connectivity index (χ0) is 13.2. The summed E-state index contributed by atoms with van der Waals surface area (Å²) in [6.45, 7) is 1.35. The number of rotatable bonds is 2. The van der Waals surface area contributed by atoms with Gasteiger partial charge in [-0.05, 0) is 6.92 Å². The molecule has 1 rings (SSSR count). The molecule has 0 amide bonds. The number of aromatic nitrogens is 1. The molecule has 0 aliphatic carbocycles. The number of carbonyl (C=O) groups is 1. The number of nitrogens with one attached hydrogen (secondary N) is 1. The maximum atomic E-state index is 12.1. The van der Waals surface area contributed by atoms with E-state index in [4.69, 9.17) is 0 Å². The summed E-state index contributed by atoms with van der Waals surface area (Å²) in [6.07, 6.45) is -5.01. The van der Waals surface area contributed by atoms with Crippen LogP contribution in [-0.2, 0) is 4.74 Å². The first-order valence-electron chi connectivity index (χ1n) is 4.32. The van der Waals surface area contributed by atoms with E-state index in [0.29, 0.717) is 0 Å². The molecule has 0 bridgehead atoms. The Morgan fingerprint density at radius 2 is 2.00 bits per heavy atom. The lowest BCUT2D eigenvalue weighted by atomic mass is 10.2. The van der Waals surface area contributed by atoms with Crippen LogP contribution in [0.5, 0.6) is 5.88 Å². The van der Waals surface area contributed by atoms with Crippen molar-refractivity contribution in [1.82, 2.24) is 4.98 Å². The third kappa shape index (κ3) is 3.23. The number of pyridine rings is 1. The highest BCUT2D eigenvalue weighted by atomic mass is 19.4. The third-order valence-corrected chi connectivity index (χ3v) is 1.74. The molecular formula is C9H8F3NO4. The topological polar surface area (TPSA) is 68.4 Å². The number of carbonyl (C=O) groups excluding carboxylic acids is 1. The predicted molar refractivity (Wildman–Crippen MR) is 49.8 cm³/mol. The highest BCUT2D eigenvalue weighted by Crippen LogP contribution is 2.23. The van der Waals surface area contributed by atoms with Crippen molar-refractivity contribution in [2.24, 2.45) is 0 Å². The predicted octanol–water partition coefficient (Wildman–Crippen LogP) is 1.37. The van der Waals surface area contributed by atoms with Crippen molar-refractivity contribution in [1.29, 1.82) is 0 Å². The number of esters is 1. The molecule has 5 nitrogen and oxygen atoms in total. The van der Waals surface area contributed by atoms with Crippen LogP contribution < -0.4 is 10.2 Å². The molecule has 0 fully saturated rings. The van der Waals surface area contributed by atoms with E-state index in [2.05, 4.69) is 14.5 Å². The van der Waals surface area contributed by atoms with Crippen LogP contribution in [0.15, 0.2) is 10.9 Å². The van der Waals surface area contributed by atoms with Gasteiger partial charge in [0.25, 0.3) is 0 Å². The molecule has 0 aromatic carbocycles. The number of methoxy groups -OCH3 is 1. The molecule has 1 N–H and O–H groups in total. The van der Waals surface area contributed by atoms with E-state index in [9.17, 15) is 22.8 Å². The number of halogens is 3. The average molecular weight is 251 g/mol. The smallest absolute Gasteiger partial charge is 0.465 e. The highest BCUT2D eigenvalue weighted by molar-refractivity contribution is 5.91. The molecule has 0 saturated carbocycles. The molecule has 0 spiro atoms. The maximum Gasteiger partial charge on any atom is 0.574 e. The lowest BCUT2D eigenvalue weighted by Gasteiger charge is -2.12. The molecular weight excluding hydrogens is 243 g/mol. The van der Waals surface area contributed by atoms with Gasteiger partial charge in [-0.1, -0.05) is 0 Å². The third-order valence-electron chi connectivity index (χ3n) is 1.74. The van der Waals surface area contributed by atoms with Gasteiger partial charge in [-0.15, -0.1) is 13.2 Å². The molecule has 1 aromatic heterocycles. The average Bonchev–Trinajstić information content (AvgIpc) is 2.13. The molecule has 0 atom stereocenters. The minimum atomic E-state index is -5.01. The van der Waals surface area contributed by atoms with Crippen molar-refractivity contribution in [3.8, 4) is 5.88 Å². The normalized spacial score (nSPS) is 11.1. The first-order chi connectivity index (χ1) is 7.74. The monoisotopic (exact) mass is 251 g/mol. The SMILES string of the molecule is COC(=O)c1c(OC(F)(F)F)[nH]c(C)cc1=O. The van der Waals surface area contributed by atoms with E-state index in [0.717, 1.165) is 13.2 Å². The summed E-state index contributed by atoms with van der Waals surface area (Å²) in [6, 6.07) is 0.968. The van der Waals surface area contributed by atoms with Gasteiger partial charge < -0.3 is 14.5 Å². The zero-order valence-electron chi connectivity index (χ0n) is 8.84. The molecule has 94 valence electrons. The van der Waals surface area contributed by atoms with Gasteiger partial charge in [0.15, 0.2) is 11.0 Å². The molecule has 1 heterocycles. The lowest BCUT2D eigenvalue weighted by Crippen LogP contribution is -2.25. The zero-order valence-corrected chi connectivity index (χ0v) is 8.84. The number of hydrogen-bond donors (Lipinski definition) is 1. The van der Waals surface area contributed by atoms with Gasteiger partial charge in [0.2, 0.25) is 5.88 Å². The quantitative estimate of drug-likeness (QED) is 0.806.